The molecule has 0 aliphatic carbocycles. The summed E-state index contributed by atoms with van der Waals surface area (Å²) in [5.41, 5.74) is 2.40. The van der Waals surface area contributed by atoms with Crippen molar-refractivity contribution in [3.63, 3.8) is 0 Å². The molecule has 4 aromatic rings. The molecule has 0 bridgehead atoms. The Hall–Kier alpha value is -3.38. The van der Waals surface area contributed by atoms with Gasteiger partial charge in [0.1, 0.15) is 22.4 Å². The zero-order valence-corrected chi connectivity index (χ0v) is 17.3. The van der Waals surface area contributed by atoms with Gasteiger partial charge in [-0.05, 0) is 30.7 Å². The van der Waals surface area contributed by atoms with Gasteiger partial charge in [-0.3, -0.25) is 4.79 Å². The molecule has 0 spiro atoms. The van der Waals surface area contributed by atoms with E-state index in [-0.39, 0.29) is 5.91 Å². The van der Waals surface area contributed by atoms with Gasteiger partial charge in [-0.2, -0.15) is 0 Å². The molecule has 0 unspecified atom stereocenters. The first-order valence-electron chi connectivity index (χ1n) is 9.70. The first-order chi connectivity index (χ1) is 14.8. The summed E-state index contributed by atoms with van der Waals surface area (Å²) in [6, 6.07) is 25.0. The summed E-state index contributed by atoms with van der Waals surface area (Å²) < 4.78 is 5.66. The van der Waals surface area contributed by atoms with Crippen LogP contribution in [0.1, 0.15) is 17.7 Å². The molecule has 0 saturated carbocycles. The van der Waals surface area contributed by atoms with Crippen LogP contribution in [0.5, 0.6) is 5.75 Å². The van der Waals surface area contributed by atoms with E-state index in [1.54, 1.807) is 0 Å². The van der Waals surface area contributed by atoms with E-state index >= 15 is 0 Å². The minimum absolute atomic E-state index is 0.138. The average molecular weight is 416 g/mol. The number of para-hydroxylation sites is 3. The lowest BCUT2D eigenvalue weighted by Gasteiger charge is -2.18. The van der Waals surface area contributed by atoms with Crippen LogP contribution < -0.4 is 10.1 Å². The third-order valence-corrected chi connectivity index (χ3v) is 5.79. The quantitative estimate of drug-likeness (QED) is 0.319. The maximum Gasteiger partial charge on any atom is 0.242 e. The van der Waals surface area contributed by atoms with Crippen molar-refractivity contribution in [2.24, 2.45) is 0 Å². The van der Waals surface area contributed by atoms with Crippen LogP contribution in [0.4, 0.5) is 5.69 Å². The molecular formula is C24H21N3O2S. The summed E-state index contributed by atoms with van der Waals surface area (Å²) in [5.74, 6) is 0.513. The molecule has 0 fully saturated rings. The highest BCUT2D eigenvalue weighted by Crippen LogP contribution is 2.38. The monoisotopic (exact) mass is 415 g/mol. The molecule has 3 aromatic carbocycles. The molecule has 6 heteroatoms. The maximum absolute atomic E-state index is 13.4. The number of thioether (sulfide) groups is 1. The summed E-state index contributed by atoms with van der Waals surface area (Å²) in [5, 5.41) is 4.24. The van der Waals surface area contributed by atoms with Crippen LogP contribution in [0.2, 0.25) is 0 Å². The van der Waals surface area contributed by atoms with Crippen molar-refractivity contribution in [3.8, 4) is 5.75 Å². The normalized spacial score (nSPS) is 11.8. The topological polar surface area (TPSA) is 64.1 Å². The second kappa shape index (κ2) is 9.41. The highest BCUT2D eigenvalue weighted by Gasteiger charge is 2.24. The number of anilines is 1. The van der Waals surface area contributed by atoms with Gasteiger partial charge in [0.25, 0.3) is 0 Å². The number of fused-ring (bicyclic) bond motifs is 1. The second-order valence-corrected chi connectivity index (χ2v) is 7.62. The van der Waals surface area contributed by atoms with Gasteiger partial charge in [-0.25, -0.2) is 9.97 Å². The first kappa shape index (κ1) is 19.9. The van der Waals surface area contributed by atoms with Crippen molar-refractivity contribution < 1.29 is 9.53 Å². The fraction of sp³-hybridized carbons (Fsp3) is 0.125. The van der Waals surface area contributed by atoms with E-state index in [2.05, 4.69) is 15.3 Å². The Morgan fingerprint density at radius 1 is 0.967 bits per heavy atom. The SMILES string of the molecule is CCOc1ccccc1NC(=O)[C@@H](Sc1ncnc2ccccc12)c1ccccc1. The second-order valence-electron chi connectivity index (χ2n) is 6.52. The Labute approximate surface area is 179 Å². The van der Waals surface area contributed by atoms with Crippen molar-refractivity contribution in [1.82, 2.24) is 9.97 Å². The third-order valence-electron chi connectivity index (χ3n) is 4.52. The van der Waals surface area contributed by atoms with E-state index in [1.807, 2.05) is 85.8 Å². The number of hydrogen-bond donors (Lipinski definition) is 1. The predicted molar refractivity (Wildman–Crippen MR) is 121 cm³/mol. The van der Waals surface area contributed by atoms with Gasteiger partial charge in [0.05, 0.1) is 17.8 Å². The smallest absolute Gasteiger partial charge is 0.242 e. The van der Waals surface area contributed by atoms with Crippen molar-refractivity contribution in [2.45, 2.75) is 17.2 Å². The average Bonchev–Trinajstić information content (AvgIpc) is 2.79. The number of amides is 1. The number of hydrogen-bond acceptors (Lipinski definition) is 5. The lowest BCUT2D eigenvalue weighted by atomic mass is 10.1. The zero-order valence-electron chi connectivity index (χ0n) is 16.5. The van der Waals surface area contributed by atoms with Crippen LogP contribution >= 0.6 is 11.8 Å². The molecule has 150 valence electrons. The molecule has 0 radical (unpaired) electrons. The summed E-state index contributed by atoms with van der Waals surface area (Å²) in [6.07, 6.45) is 1.54. The highest BCUT2D eigenvalue weighted by molar-refractivity contribution is 8.00. The zero-order chi connectivity index (χ0) is 20.8. The Bertz CT molecular complexity index is 1150. The molecule has 30 heavy (non-hydrogen) atoms. The molecule has 0 aliphatic heterocycles. The van der Waals surface area contributed by atoms with E-state index < -0.39 is 5.25 Å². The minimum Gasteiger partial charge on any atom is -0.492 e. The van der Waals surface area contributed by atoms with Crippen LogP contribution in [0, 0.1) is 0 Å². The van der Waals surface area contributed by atoms with Crippen molar-refractivity contribution in [1.29, 1.82) is 0 Å². The van der Waals surface area contributed by atoms with Crippen LogP contribution in [0.25, 0.3) is 10.9 Å². The van der Waals surface area contributed by atoms with Gasteiger partial charge < -0.3 is 10.1 Å². The Balaban J connectivity index is 1.68. The van der Waals surface area contributed by atoms with Gasteiger partial charge in [0.2, 0.25) is 5.91 Å². The number of ether oxygens (including phenoxy) is 1. The molecule has 1 heterocycles. The summed E-state index contributed by atoms with van der Waals surface area (Å²) >= 11 is 1.41. The predicted octanol–water partition coefficient (Wildman–Crippen LogP) is 5.50. The molecule has 4 rings (SSSR count). The van der Waals surface area contributed by atoms with Crippen molar-refractivity contribution in [3.05, 3.63) is 90.8 Å². The summed E-state index contributed by atoms with van der Waals surface area (Å²) in [6.45, 7) is 2.44. The maximum atomic E-state index is 13.4. The minimum atomic E-state index is -0.487. The number of aromatic nitrogens is 2. The Kier molecular flexibility index (Phi) is 6.25. The standard InChI is InChI=1S/C24H21N3O2S/c1-2-29-21-15-9-8-14-20(21)27-23(28)22(17-10-4-3-5-11-17)30-24-18-12-6-7-13-19(18)25-16-26-24/h3-16,22H,2H2,1H3,(H,27,28)/t22-/m0/s1. The fourth-order valence-electron chi connectivity index (χ4n) is 3.14. The Morgan fingerprint density at radius 2 is 1.70 bits per heavy atom. The van der Waals surface area contributed by atoms with Crippen LogP contribution in [-0.4, -0.2) is 22.5 Å². The first-order valence-corrected chi connectivity index (χ1v) is 10.6. The lowest BCUT2D eigenvalue weighted by molar-refractivity contribution is -0.115. The summed E-state index contributed by atoms with van der Waals surface area (Å²) in [4.78, 5) is 22.2. The molecule has 1 aromatic heterocycles. The molecule has 0 saturated heterocycles. The van der Waals surface area contributed by atoms with Gasteiger partial charge >= 0.3 is 0 Å². The molecule has 5 nitrogen and oxygen atoms in total. The van der Waals surface area contributed by atoms with E-state index in [0.29, 0.717) is 18.0 Å². The lowest BCUT2D eigenvalue weighted by Crippen LogP contribution is -2.19. The number of carbonyl (C=O) groups excluding carboxylic acids is 1. The van der Waals surface area contributed by atoms with Crippen LogP contribution in [0.3, 0.4) is 0 Å². The molecule has 1 amide bonds. The van der Waals surface area contributed by atoms with E-state index in [0.717, 1.165) is 21.5 Å². The van der Waals surface area contributed by atoms with Gasteiger partial charge in [-0.1, -0.05) is 72.4 Å². The van der Waals surface area contributed by atoms with E-state index in [9.17, 15) is 4.79 Å². The van der Waals surface area contributed by atoms with Gasteiger partial charge in [0.15, 0.2) is 0 Å². The number of nitrogens with zero attached hydrogens (tertiary/aromatic N) is 2. The third kappa shape index (κ3) is 4.44. The number of rotatable bonds is 7. The van der Waals surface area contributed by atoms with Gasteiger partial charge in [-0.15, -0.1) is 0 Å². The van der Waals surface area contributed by atoms with Crippen LogP contribution in [0.15, 0.2) is 90.2 Å². The summed E-state index contributed by atoms with van der Waals surface area (Å²) in [7, 11) is 0. The van der Waals surface area contributed by atoms with E-state index in [4.69, 9.17) is 4.74 Å². The van der Waals surface area contributed by atoms with Crippen LogP contribution in [-0.2, 0) is 4.79 Å². The highest BCUT2D eigenvalue weighted by atomic mass is 32.2. The Morgan fingerprint density at radius 3 is 2.53 bits per heavy atom. The molecule has 0 aliphatic rings. The molecule has 1 N–H and O–H groups in total. The van der Waals surface area contributed by atoms with Crippen molar-refractivity contribution >= 4 is 34.3 Å². The fourth-order valence-corrected chi connectivity index (χ4v) is 4.23. The van der Waals surface area contributed by atoms with E-state index in [1.165, 1.54) is 18.1 Å². The number of benzene rings is 3. The number of carbonyl (C=O) groups is 1. The molecular weight excluding hydrogens is 394 g/mol. The molecule has 1 atom stereocenters. The van der Waals surface area contributed by atoms with Gasteiger partial charge in [0, 0.05) is 5.39 Å². The largest absolute Gasteiger partial charge is 0.492 e. The van der Waals surface area contributed by atoms with Crippen molar-refractivity contribution in [2.75, 3.05) is 11.9 Å². The number of nitrogens with one attached hydrogen (secondary N) is 1.